The molecular weight excluding hydrogens is 252 g/mol. The van der Waals surface area contributed by atoms with Crippen molar-refractivity contribution in [3.8, 4) is 0 Å². The normalized spacial score (nSPS) is 53.5. The van der Waals surface area contributed by atoms with Crippen molar-refractivity contribution >= 4 is 5.57 Å². The van der Waals surface area contributed by atoms with Crippen LogP contribution in [0.5, 0.6) is 0 Å². The van der Waals surface area contributed by atoms with Gasteiger partial charge in [-0.05, 0) is 23.6 Å². The Labute approximate surface area is 117 Å². The maximum Gasteiger partial charge on any atom is 0.164 e. The zero-order valence-electron chi connectivity index (χ0n) is 11.0. The van der Waals surface area contributed by atoms with Gasteiger partial charge < -0.3 is 14.2 Å². The molecule has 0 unspecified atom stereocenters. The van der Waals surface area contributed by atoms with E-state index in [0.717, 1.165) is 0 Å². The van der Waals surface area contributed by atoms with Gasteiger partial charge in [0.2, 0.25) is 0 Å². The van der Waals surface area contributed by atoms with Gasteiger partial charge >= 0.3 is 0 Å². The molecule has 0 N–H and O–H groups in total. The molecule has 0 aromatic heterocycles. The summed E-state index contributed by atoms with van der Waals surface area (Å²) in [7, 11) is 0. The zero-order valence-corrected chi connectivity index (χ0v) is 11.0. The summed E-state index contributed by atoms with van der Waals surface area (Å²) in [5.41, 5.74) is 2.59. The SMILES string of the molecule is C1=C(c2ccccc2)[C@H]2O[C@H]3O[C@H]4O[C@@H]1[C@@H]1[C@H]4C[C@H]3[C@H]12. The maximum atomic E-state index is 6.28. The third-order valence-corrected chi connectivity index (χ3v) is 6.00. The summed E-state index contributed by atoms with van der Waals surface area (Å²) in [4.78, 5) is 0. The highest BCUT2D eigenvalue weighted by atomic mass is 16.8. The van der Waals surface area contributed by atoms with Gasteiger partial charge in [-0.1, -0.05) is 30.3 Å². The van der Waals surface area contributed by atoms with Crippen LogP contribution in [0.4, 0.5) is 0 Å². The van der Waals surface area contributed by atoms with Crippen LogP contribution in [0.25, 0.3) is 5.57 Å². The highest BCUT2D eigenvalue weighted by Crippen LogP contribution is 2.64. The van der Waals surface area contributed by atoms with Crippen molar-refractivity contribution in [2.75, 3.05) is 0 Å². The maximum absolute atomic E-state index is 6.28. The molecule has 3 saturated heterocycles. The Kier molecular flexibility index (Phi) is 1.77. The fraction of sp³-hybridized carbons (Fsp3) is 0.529. The molecule has 0 radical (unpaired) electrons. The van der Waals surface area contributed by atoms with Gasteiger partial charge in [-0.25, -0.2) is 0 Å². The number of rotatable bonds is 1. The van der Waals surface area contributed by atoms with Crippen LogP contribution in [0, 0.1) is 23.7 Å². The van der Waals surface area contributed by atoms with E-state index in [0.29, 0.717) is 23.7 Å². The Balaban J connectivity index is 1.55. The monoisotopic (exact) mass is 268 g/mol. The number of hydrogen-bond acceptors (Lipinski definition) is 3. The fourth-order valence-corrected chi connectivity index (χ4v) is 5.35. The van der Waals surface area contributed by atoms with Crippen LogP contribution in [0.1, 0.15) is 12.0 Å². The Morgan fingerprint density at radius 3 is 2.55 bits per heavy atom. The van der Waals surface area contributed by atoms with Gasteiger partial charge in [0, 0.05) is 23.7 Å². The van der Waals surface area contributed by atoms with Crippen LogP contribution >= 0.6 is 0 Å². The molecule has 1 aromatic rings. The summed E-state index contributed by atoms with van der Waals surface area (Å²) in [5, 5.41) is 0. The molecule has 3 heteroatoms. The molecular formula is C17H16O3. The number of benzene rings is 1. The van der Waals surface area contributed by atoms with Crippen LogP contribution in [-0.4, -0.2) is 24.8 Å². The van der Waals surface area contributed by atoms with Crippen LogP contribution < -0.4 is 0 Å². The molecule has 8 atom stereocenters. The summed E-state index contributed by atoms with van der Waals surface area (Å²) >= 11 is 0. The summed E-state index contributed by atoms with van der Waals surface area (Å²) in [6.07, 6.45) is 3.92. The lowest BCUT2D eigenvalue weighted by atomic mass is 9.74. The van der Waals surface area contributed by atoms with Crippen molar-refractivity contribution in [2.45, 2.75) is 31.2 Å². The van der Waals surface area contributed by atoms with E-state index in [2.05, 4.69) is 36.4 Å². The molecule has 6 rings (SSSR count). The highest BCUT2D eigenvalue weighted by molar-refractivity contribution is 5.71. The Morgan fingerprint density at radius 2 is 1.65 bits per heavy atom. The molecule has 3 heterocycles. The molecule has 0 spiro atoms. The lowest BCUT2D eigenvalue weighted by molar-refractivity contribution is -0.266. The van der Waals surface area contributed by atoms with E-state index in [4.69, 9.17) is 14.2 Å². The van der Waals surface area contributed by atoms with Gasteiger partial charge in [0.25, 0.3) is 0 Å². The molecule has 102 valence electrons. The largest absolute Gasteiger partial charge is 0.345 e. The van der Waals surface area contributed by atoms with Gasteiger partial charge in [0.05, 0.1) is 12.2 Å². The van der Waals surface area contributed by atoms with E-state index in [1.165, 1.54) is 17.6 Å². The molecule has 3 aliphatic heterocycles. The van der Waals surface area contributed by atoms with Crippen molar-refractivity contribution in [1.29, 1.82) is 0 Å². The molecule has 2 bridgehead atoms. The van der Waals surface area contributed by atoms with E-state index in [9.17, 15) is 0 Å². The average Bonchev–Trinajstić information content (AvgIpc) is 3.13. The quantitative estimate of drug-likeness (QED) is 0.783. The van der Waals surface area contributed by atoms with Crippen LogP contribution in [0.3, 0.4) is 0 Å². The lowest BCUT2D eigenvalue weighted by Crippen LogP contribution is -2.36. The molecule has 20 heavy (non-hydrogen) atoms. The van der Waals surface area contributed by atoms with Crippen molar-refractivity contribution in [2.24, 2.45) is 23.7 Å². The lowest BCUT2D eigenvalue weighted by Gasteiger charge is -2.33. The standard InChI is InChI=1S/C17H16O3/c1-2-4-8(5-3-1)9-7-12-13-10-6-11-14(13)15(9)19-17(11)20-16(10)18-12/h1-5,7,10-17H,6H2/t10-,11+,12+,13+,14-,15-,16-,17+/m1/s1. The Bertz CT molecular complexity index is 610. The molecule has 4 fully saturated rings. The van der Waals surface area contributed by atoms with Gasteiger partial charge in [0.1, 0.15) is 0 Å². The van der Waals surface area contributed by atoms with Gasteiger partial charge in [-0.2, -0.15) is 0 Å². The Morgan fingerprint density at radius 1 is 0.850 bits per heavy atom. The van der Waals surface area contributed by atoms with E-state index >= 15 is 0 Å². The summed E-state index contributed by atoms with van der Waals surface area (Å²) in [6, 6.07) is 10.6. The van der Waals surface area contributed by atoms with E-state index in [-0.39, 0.29) is 24.8 Å². The second kappa shape index (κ2) is 3.35. The minimum atomic E-state index is -0.0394. The fourth-order valence-electron chi connectivity index (χ4n) is 5.35. The van der Waals surface area contributed by atoms with E-state index in [1.54, 1.807) is 0 Å². The molecule has 2 aliphatic carbocycles. The van der Waals surface area contributed by atoms with Gasteiger partial charge in [0.15, 0.2) is 12.6 Å². The van der Waals surface area contributed by atoms with Crippen LogP contribution in [-0.2, 0) is 14.2 Å². The van der Waals surface area contributed by atoms with Crippen LogP contribution in [0.15, 0.2) is 36.4 Å². The van der Waals surface area contributed by atoms with Crippen LogP contribution in [0.2, 0.25) is 0 Å². The summed E-state index contributed by atoms with van der Waals surface area (Å²) in [6.45, 7) is 0. The number of ether oxygens (including phenoxy) is 3. The predicted octanol–water partition coefficient (Wildman–Crippen LogP) is 2.43. The second-order valence-corrected chi connectivity index (χ2v) is 6.74. The first-order chi connectivity index (χ1) is 9.90. The molecule has 0 amide bonds. The molecule has 1 aromatic carbocycles. The van der Waals surface area contributed by atoms with E-state index in [1.807, 2.05) is 0 Å². The van der Waals surface area contributed by atoms with Crippen molar-refractivity contribution in [1.82, 2.24) is 0 Å². The van der Waals surface area contributed by atoms with Crippen molar-refractivity contribution in [3.05, 3.63) is 42.0 Å². The van der Waals surface area contributed by atoms with E-state index < -0.39 is 0 Å². The average molecular weight is 268 g/mol. The smallest absolute Gasteiger partial charge is 0.164 e. The van der Waals surface area contributed by atoms with Gasteiger partial charge in [-0.3, -0.25) is 0 Å². The third-order valence-electron chi connectivity index (χ3n) is 6.00. The Hall–Kier alpha value is -1.16. The molecule has 1 saturated carbocycles. The van der Waals surface area contributed by atoms with Gasteiger partial charge in [-0.15, -0.1) is 0 Å². The number of hydrogen-bond donors (Lipinski definition) is 0. The van der Waals surface area contributed by atoms with Crippen molar-refractivity contribution in [3.63, 3.8) is 0 Å². The predicted molar refractivity (Wildman–Crippen MR) is 71.4 cm³/mol. The minimum Gasteiger partial charge on any atom is -0.345 e. The first-order valence-corrected chi connectivity index (χ1v) is 7.64. The third kappa shape index (κ3) is 1.07. The molecule has 3 nitrogen and oxygen atoms in total. The summed E-state index contributed by atoms with van der Waals surface area (Å²) < 4.78 is 18.5. The second-order valence-electron chi connectivity index (χ2n) is 6.74. The highest BCUT2D eigenvalue weighted by Gasteiger charge is 2.68. The topological polar surface area (TPSA) is 27.7 Å². The first kappa shape index (κ1) is 10.6. The zero-order chi connectivity index (χ0) is 12.8. The first-order valence-electron chi connectivity index (χ1n) is 7.64. The summed E-state index contributed by atoms with van der Waals surface area (Å²) in [5.74, 6) is 2.41. The van der Waals surface area contributed by atoms with Crippen molar-refractivity contribution < 1.29 is 14.2 Å². The molecule has 5 aliphatic rings. The minimum absolute atomic E-state index is 0.0245.